The second-order valence-electron chi connectivity index (χ2n) is 22.0. The molecule has 8 amide bonds. The highest BCUT2D eigenvalue weighted by atomic mass is 16.6. The number of carbonyl (C=O) groups is 9. The van der Waals surface area contributed by atoms with E-state index in [4.69, 9.17) is 14.2 Å². The highest BCUT2D eigenvalue weighted by Crippen LogP contribution is 2.21. The summed E-state index contributed by atoms with van der Waals surface area (Å²) in [7, 11) is 0. The van der Waals surface area contributed by atoms with Gasteiger partial charge < -0.3 is 61.9 Å². The van der Waals surface area contributed by atoms with Gasteiger partial charge in [-0.25, -0.2) is 19.2 Å². The Hall–Kier alpha value is -6.93. The number of amides is 8. The van der Waals surface area contributed by atoms with Crippen molar-refractivity contribution in [3.8, 4) is 11.1 Å². The summed E-state index contributed by atoms with van der Waals surface area (Å²) in [6, 6.07) is 10.4. The van der Waals surface area contributed by atoms with E-state index in [9.17, 15) is 48.3 Å². The second-order valence-corrected chi connectivity index (χ2v) is 22.0. The van der Waals surface area contributed by atoms with Gasteiger partial charge in [-0.3, -0.25) is 24.0 Å². The molecule has 2 aromatic carbocycles. The Labute approximate surface area is 455 Å². The highest BCUT2D eigenvalue weighted by Gasteiger charge is 2.30. The molecule has 0 saturated carbocycles. The summed E-state index contributed by atoms with van der Waals surface area (Å²) in [5.74, 6) is -4.57. The number of aliphatic carboxylic acids is 1. The summed E-state index contributed by atoms with van der Waals surface area (Å²) >= 11 is 0. The van der Waals surface area contributed by atoms with Crippen LogP contribution in [0.5, 0.6) is 0 Å². The first kappa shape index (κ1) is 66.2. The van der Waals surface area contributed by atoms with Gasteiger partial charge in [0, 0.05) is 38.2 Å². The minimum absolute atomic E-state index is 0.0210. The number of unbranched alkanes of at least 4 members (excludes halogenated alkanes) is 4. The smallest absolute Gasteiger partial charge is 0.407 e. The third-order valence-corrected chi connectivity index (χ3v) is 11.3. The van der Waals surface area contributed by atoms with Crippen LogP contribution in [-0.4, -0.2) is 126 Å². The van der Waals surface area contributed by atoms with Crippen LogP contribution in [0, 0.1) is 0 Å². The molecule has 9 N–H and O–H groups in total. The molecule has 0 spiro atoms. The predicted octanol–water partition coefficient (Wildman–Crippen LogP) is 6.94. The van der Waals surface area contributed by atoms with Crippen LogP contribution in [0.1, 0.15) is 169 Å². The number of alkyl carbamates (subject to hydrolysis) is 3. The maximum absolute atomic E-state index is 14.2. The lowest BCUT2D eigenvalue weighted by Gasteiger charge is -2.25. The Balaban J connectivity index is 2.20. The molecule has 0 fully saturated rings. The van der Waals surface area contributed by atoms with Crippen molar-refractivity contribution in [2.45, 2.75) is 201 Å². The monoisotopic (exact) mass is 1080 g/mol. The summed E-state index contributed by atoms with van der Waals surface area (Å²) in [5, 5.41) is 31.0. The van der Waals surface area contributed by atoms with E-state index in [0.29, 0.717) is 44.1 Å². The van der Waals surface area contributed by atoms with Gasteiger partial charge in [0.25, 0.3) is 5.91 Å². The number of nitrogens with one attached hydrogen (secondary N) is 8. The molecule has 0 bridgehead atoms. The zero-order valence-electron chi connectivity index (χ0n) is 47.3. The van der Waals surface area contributed by atoms with Gasteiger partial charge in [0.15, 0.2) is 0 Å². The van der Waals surface area contributed by atoms with Crippen LogP contribution in [0.4, 0.5) is 14.4 Å². The average Bonchev–Trinajstić information content (AvgIpc) is 3.32. The lowest BCUT2D eigenvalue weighted by molar-refractivity contribution is -0.142. The van der Waals surface area contributed by atoms with Crippen molar-refractivity contribution >= 4 is 53.8 Å². The Morgan fingerprint density at radius 3 is 1.31 bits per heavy atom. The molecule has 0 saturated heterocycles. The zero-order valence-corrected chi connectivity index (χ0v) is 47.3. The third-order valence-electron chi connectivity index (χ3n) is 11.3. The van der Waals surface area contributed by atoms with Crippen molar-refractivity contribution in [3.63, 3.8) is 0 Å². The number of aryl methyl sites for hydroxylation is 1. The number of carbonyl (C=O) groups excluding carboxylic acids is 8. The molecule has 0 aliphatic carbocycles. The molecule has 0 radical (unpaired) electrons. The molecular weight excluding hydrogens is 993 g/mol. The molecule has 430 valence electrons. The molecule has 21 nitrogen and oxygen atoms in total. The summed E-state index contributed by atoms with van der Waals surface area (Å²) in [5.41, 5.74) is 1.49. The van der Waals surface area contributed by atoms with Crippen LogP contribution in [-0.2, 0) is 44.6 Å². The lowest BCUT2D eigenvalue weighted by atomic mass is 10.0. The number of carboxylic acids is 1. The van der Waals surface area contributed by atoms with E-state index < -0.39 is 94.8 Å². The van der Waals surface area contributed by atoms with Crippen molar-refractivity contribution in [3.05, 3.63) is 59.7 Å². The molecule has 0 heterocycles. The summed E-state index contributed by atoms with van der Waals surface area (Å²) in [6.45, 7) is 19.6. The van der Waals surface area contributed by atoms with E-state index in [1.165, 1.54) is 12.5 Å². The standard InChI is InChI=1S/C56H88N8O13/c1-12-13-20-38-24-26-39(27-25-38)40-28-30-41(31-29-40)47(67)57-36-32-45(65)62-42(21-14-17-33-58-51(72)75-54(3,4)5)49(69)63-43(22-15-18-34-59-52(73)76-55(6,7)8)48(68)61-37(2)46(66)64-44(50(70)71)23-16-19-35-60-53(74)77-56(9,10)11/h24-31,37,42-44H,12-23,32-36H2,1-11H3,(H,57,67)(H,58,72)(H,59,73)(H,60,74)(H,61,68)(H,62,65)(H,63,69)(H,64,66)(H,70,71)/t37-,42-,43-,44-/m0/s1. The Morgan fingerprint density at radius 2 is 0.883 bits per heavy atom. The van der Waals surface area contributed by atoms with Crippen molar-refractivity contribution in [1.82, 2.24) is 42.5 Å². The lowest BCUT2D eigenvalue weighted by Crippen LogP contribution is -2.57. The van der Waals surface area contributed by atoms with Crippen LogP contribution in [0.25, 0.3) is 11.1 Å². The number of ether oxygens (including phenoxy) is 3. The summed E-state index contributed by atoms with van der Waals surface area (Å²) < 4.78 is 15.8. The number of carboxylic acid groups (broad SMARTS) is 1. The average molecular weight is 1080 g/mol. The first-order chi connectivity index (χ1) is 36.0. The molecule has 2 rings (SSSR count). The number of benzene rings is 2. The Kier molecular flexibility index (Phi) is 28.6. The Morgan fingerprint density at radius 1 is 0.481 bits per heavy atom. The normalized spacial score (nSPS) is 13.0. The van der Waals surface area contributed by atoms with Crippen LogP contribution in [0.2, 0.25) is 0 Å². The number of hydrogen-bond acceptors (Lipinski definition) is 12. The molecule has 2 aromatic rings. The van der Waals surface area contributed by atoms with Crippen molar-refractivity contribution < 1.29 is 62.5 Å². The number of hydrogen-bond donors (Lipinski definition) is 9. The van der Waals surface area contributed by atoms with Gasteiger partial charge in [0.05, 0.1) is 0 Å². The minimum atomic E-state index is -1.32. The largest absolute Gasteiger partial charge is 0.480 e. The van der Waals surface area contributed by atoms with E-state index in [1.54, 1.807) is 74.4 Å². The van der Waals surface area contributed by atoms with Crippen molar-refractivity contribution in [1.29, 1.82) is 0 Å². The first-order valence-electron chi connectivity index (χ1n) is 26.9. The topological polar surface area (TPSA) is 298 Å². The maximum Gasteiger partial charge on any atom is 0.407 e. The third kappa shape index (κ3) is 29.8. The number of rotatable bonds is 31. The van der Waals surface area contributed by atoms with Crippen LogP contribution >= 0.6 is 0 Å². The predicted molar refractivity (Wildman–Crippen MR) is 293 cm³/mol. The van der Waals surface area contributed by atoms with Gasteiger partial charge in [0.2, 0.25) is 23.6 Å². The molecule has 21 heteroatoms. The molecular formula is C56H88N8O13. The van der Waals surface area contributed by atoms with E-state index in [0.717, 1.165) is 30.4 Å². The van der Waals surface area contributed by atoms with E-state index >= 15 is 0 Å². The molecule has 0 unspecified atom stereocenters. The van der Waals surface area contributed by atoms with Gasteiger partial charge in [0.1, 0.15) is 41.0 Å². The molecule has 77 heavy (non-hydrogen) atoms. The molecule has 0 aliphatic heterocycles. The van der Waals surface area contributed by atoms with Gasteiger partial charge in [-0.1, -0.05) is 49.7 Å². The first-order valence-corrected chi connectivity index (χ1v) is 26.9. The molecule has 4 atom stereocenters. The van der Waals surface area contributed by atoms with Crippen LogP contribution in [0.3, 0.4) is 0 Å². The Bertz CT molecular complexity index is 2220. The van der Waals surface area contributed by atoms with Gasteiger partial charge in [-0.05, 0) is 169 Å². The zero-order chi connectivity index (χ0) is 57.8. The summed E-state index contributed by atoms with van der Waals surface area (Å²) in [4.78, 5) is 117. The SMILES string of the molecule is CCCCc1ccc(-c2ccc(C(=O)NCCC(=O)N[C@@H](CCCCNC(=O)OC(C)(C)C)C(=O)N[C@@H](CCCCNC(=O)OC(C)(C)C)C(=O)N[C@@H](C)C(=O)N[C@@H](CCCCNC(=O)OC(C)(C)C)C(=O)O)cc2)cc1. The quantitative estimate of drug-likeness (QED) is 0.0273. The van der Waals surface area contributed by atoms with Crippen molar-refractivity contribution in [2.24, 2.45) is 0 Å². The fourth-order valence-corrected chi connectivity index (χ4v) is 7.39. The van der Waals surface area contributed by atoms with Gasteiger partial charge in [-0.15, -0.1) is 0 Å². The van der Waals surface area contributed by atoms with Crippen molar-refractivity contribution in [2.75, 3.05) is 26.2 Å². The minimum Gasteiger partial charge on any atom is -0.480 e. The van der Waals surface area contributed by atoms with Gasteiger partial charge in [-0.2, -0.15) is 0 Å². The highest BCUT2D eigenvalue weighted by molar-refractivity contribution is 5.96. The van der Waals surface area contributed by atoms with Crippen LogP contribution < -0.4 is 42.5 Å². The fraction of sp³-hybridized carbons (Fsp3) is 0.625. The van der Waals surface area contributed by atoms with E-state index in [2.05, 4.69) is 73.7 Å². The molecule has 0 aromatic heterocycles. The second kappa shape index (κ2) is 33.3. The maximum atomic E-state index is 14.2. The summed E-state index contributed by atoms with van der Waals surface area (Å²) in [6.07, 6.45) is 3.40. The molecule has 0 aliphatic rings. The van der Waals surface area contributed by atoms with Gasteiger partial charge >= 0.3 is 24.2 Å². The van der Waals surface area contributed by atoms with Crippen LogP contribution in [0.15, 0.2) is 48.5 Å². The van der Waals surface area contributed by atoms with E-state index in [1.807, 2.05) is 12.1 Å². The van der Waals surface area contributed by atoms with E-state index in [-0.39, 0.29) is 51.9 Å². The fourth-order valence-electron chi connectivity index (χ4n) is 7.39.